The molecule has 5 heteroatoms. The van der Waals surface area contributed by atoms with Crippen LogP contribution < -0.4 is 15.1 Å². The van der Waals surface area contributed by atoms with Crippen LogP contribution in [0, 0.1) is 0 Å². The molecule has 16 rings (SSSR count). The van der Waals surface area contributed by atoms with E-state index >= 15 is 0 Å². The van der Waals surface area contributed by atoms with Crippen LogP contribution in [0.2, 0.25) is 0 Å². The van der Waals surface area contributed by atoms with E-state index in [4.69, 9.17) is 4.42 Å². The van der Waals surface area contributed by atoms with Crippen molar-refractivity contribution in [3.05, 3.63) is 172 Å². The number of para-hydroxylation sites is 1. The second kappa shape index (κ2) is 14.9. The van der Waals surface area contributed by atoms with E-state index in [1.54, 1.807) is 0 Å². The number of fused-ring (bicyclic) bond motifs is 20. The SMILES string of the molecule is CC(C)(C)c1ccc(N2B3c4sc5ccc(-c6ccccc6)cc5c4-n4c5cc6c(cc5c5c7oc8ccccc8c7c(c3c54)-c3cc4c(cc32)-c2cc3c(cc2C4(C)C)C(C)(C)CCC3(C)C)C(C)(C)CCC6(C)C)cc1. The summed E-state index contributed by atoms with van der Waals surface area (Å²) in [6, 6.07) is 52.7. The summed E-state index contributed by atoms with van der Waals surface area (Å²) in [4.78, 5) is 2.79. The van der Waals surface area contributed by atoms with Gasteiger partial charge in [-0.2, -0.15) is 0 Å². The Kier molecular flexibility index (Phi) is 9.01. The van der Waals surface area contributed by atoms with Gasteiger partial charge in [0.25, 0.3) is 0 Å². The number of hydrogen-bond donors (Lipinski definition) is 0. The van der Waals surface area contributed by atoms with Crippen molar-refractivity contribution in [3.63, 3.8) is 0 Å². The number of aromatic nitrogens is 1. The lowest BCUT2D eigenvalue weighted by molar-refractivity contribution is 0.331. The Morgan fingerprint density at radius 3 is 1.82 bits per heavy atom. The molecule has 3 aromatic heterocycles. The van der Waals surface area contributed by atoms with Gasteiger partial charge in [0, 0.05) is 53.4 Å². The van der Waals surface area contributed by atoms with Gasteiger partial charge < -0.3 is 13.8 Å². The normalized spacial score (nSPS) is 18.6. The molecule has 0 saturated heterocycles. The molecule has 0 atom stereocenters. The minimum absolute atomic E-state index is 0.00577. The highest BCUT2D eigenvalue weighted by Gasteiger charge is 2.50. The molecular weight excluding hydrogens is 964 g/mol. The fourth-order valence-electron chi connectivity index (χ4n) is 15.8. The number of rotatable bonds is 2. The van der Waals surface area contributed by atoms with Gasteiger partial charge in [-0.05, 0) is 186 Å². The van der Waals surface area contributed by atoms with Crippen molar-refractivity contribution in [2.24, 2.45) is 0 Å². The predicted molar refractivity (Wildman–Crippen MR) is 335 cm³/mol. The highest BCUT2D eigenvalue weighted by Crippen LogP contribution is 2.60. The van der Waals surface area contributed by atoms with E-state index in [0.29, 0.717) is 0 Å². The fourth-order valence-corrected chi connectivity index (χ4v) is 17.1. The Labute approximate surface area is 464 Å². The molecule has 3 nitrogen and oxygen atoms in total. The van der Waals surface area contributed by atoms with Gasteiger partial charge in [0.05, 0.1) is 22.1 Å². The second-order valence-corrected chi connectivity index (χ2v) is 29.6. The molecule has 5 heterocycles. The first-order chi connectivity index (χ1) is 37.0. The van der Waals surface area contributed by atoms with Crippen LogP contribution in [0.15, 0.2) is 138 Å². The lowest BCUT2D eigenvalue weighted by Crippen LogP contribution is -2.59. The van der Waals surface area contributed by atoms with Gasteiger partial charge in [0.1, 0.15) is 11.2 Å². The summed E-state index contributed by atoms with van der Waals surface area (Å²) in [5.41, 5.74) is 27.8. The largest absolute Gasteiger partial charge is 0.455 e. The van der Waals surface area contributed by atoms with Gasteiger partial charge in [-0.25, -0.2) is 0 Å². The van der Waals surface area contributed by atoms with Crippen LogP contribution >= 0.6 is 11.3 Å². The summed E-state index contributed by atoms with van der Waals surface area (Å²) >= 11 is 2.00. The zero-order valence-electron chi connectivity index (χ0n) is 47.8. The minimum atomic E-state index is -0.232. The van der Waals surface area contributed by atoms with Crippen LogP contribution in [0.3, 0.4) is 0 Å². The number of hydrogen-bond acceptors (Lipinski definition) is 3. The molecule has 78 heavy (non-hydrogen) atoms. The third-order valence-corrected chi connectivity index (χ3v) is 21.9. The summed E-state index contributed by atoms with van der Waals surface area (Å²) in [6.07, 6.45) is 4.68. The number of furan rings is 1. The molecule has 8 aromatic carbocycles. The van der Waals surface area contributed by atoms with Crippen LogP contribution in [0.4, 0.5) is 11.4 Å². The minimum Gasteiger partial charge on any atom is -0.455 e. The lowest BCUT2D eigenvalue weighted by Gasteiger charge is -2.42. The number of nitrogens with zero attached hydrogens (tertiary/aromatic N) is 2. The van der Waals surface area contributed by atoms with E-state index in [2.05, 4.69) is 233 Å². The van der Waals surface area contributed by atoms with E-state index < -0.39 is 0 Å². The van der Waals surface area contributed by atoms with Crippen molar-refractivity contribution < 1.29 is 4.42 Å². The van der Waals surface area contributed by atoms with E-state index in [-0.39, 0.29) is 39.3 Å². The molecule has 5 aliphatic rings. The maximum Gasteiger partial charge on any atom is 0.343 e. The topological polar surface area (TPSA) is 21.3 Å². The molecule has 3 aliphatic carbocycles. The molecule has 0 fully saturated rings. The number of benzene rings is 8. The lowest BCUT2D eigenvalue weighted by atomic mass is 9.46. The van der Waals surface area contributed by atoms with Crippen LogP contribution in [-0.2, 0) is 32.5 Å². The first-order valence-corrected chi connectivity index (χ1v) is 29.8. The predicted octanol–water partition coefficient (Wildman–Crippen LogP) is 19.1. The Balaban J connectivity index is 1.11. The van der Waals surface area contributed by atoms with Crippen molar-refractivity contribution >= 4 is 93.6 Å². The van der Waals surface area contributed by atoms with Gasteiger partial charge in [-0.3, -0.25) is 0 Å². The average molecular weight is 1030 g/mol. The van der Waals surface area contributed by atoms with Crippen molar-refractivity contribution in [1.82, 2.24) is 4.57 Å². The molecule has 0 radical (unpaired) electrons. The monoisotopic (exact) mass is 1030 g/mol. The summed E-state index contributed by atoms with van der Waals surface area (Å²) < 4.78 is 13.0. The Morgan fingerprint density at radius 1 is 0.526 bits per heavy atom. The molecular formula is C73H69BN2OS. The maximum atomic E-state index is 7.51. The van der Waals surface area contributed by atoms with E-state index in [9.17, 15) is 0 Å². The second-order valence-electron chi connectivity index (χ2n) is 28.5. The van der Waals surface area contributed by atoms with Crippen LogP contribution in [0.5, 0.6) is 0 Å². The zero-order valence-corrected chi connectivity index (χ0v) is 48.6. The van der Waals surface area contributed by atoms with Crippen LogP contribution in [0.1, 0.15) is 155 Å². The van der Waals surface area contributed by atoms with Gasteiger partial charge in [-0.1, -0.05) is 163 Å². The third-order valence-electron chi connectivity index (χ3n) is 20.6. The zero-order chi connectivity index (χ0) is 53.7. The molecule has 11 aromatic rings. The molecule has 0 N–H and O–H groups in total. The van der Waals surface area contributed by atoms with Crippen molar-refractivity contribution in [2.75, 3.05) is 4.81 Å². The van der Waals surface area contributed by atoms with Crippen molar-refractivity contribution in [3.8, 4) is 39.1 Å². The standard InChI is InChI=1S/C73H69BN2OS/c1-68(2,3)42-24-26-43(27-25-42)76-57-37-46-45-34-52-54(71(8,9)31-29-69(52,4)5)38-51(45)73(12,13)50(46)35-48(57)60-61-44-21-17-18-22-58(44)77-66(61)62-47-36-53-55(72(10,11)32-30-70(53,6)7)39-56(47)75-64-49-33-41(40-19-15-14-16-20-40)23-28-59(49)78-67(64)74(76)63(60)65(62)75/h14-28,33-39H,29-32H2,1-13H3. The smallest absolute Gasteiger partial charge is 0.343 e. The van der Waals surface area contributed by atoms with E-state index in [1.165, 1.54) is 155 Å². The summed E-state index contributed by atoms with van der Waals surface area (Å²) in [5, 5.41) is 6.25. The van der Waals surface area contributed by atoms with Gasteiger partial charge in [-0.15, -0.1) is 11.3 Å². The highest BCUT2D eigenvalue weighted by atomic mass is 32.1. The molecule has 0 saturated carbocycles. The van der Waals surface area contributed by atoms with Gasteiger partial charge in [0.2, 0.25) is 0 Å². The average Bonchev–Trinajstić information content (AvgIpc) is 3.72. The molecule has 0 spiro atoms. The third kappa shape index (κ3) is 6.02. The molecule has 0 amide bonds. The van der Waals surface area contributed by atoms with Crippen LogP contribution in [-0.4, -0.2) is 11.4 Å². The Morgan fingerprint density at radius 2 is 1.13 bits per heavy atom. The Bertz CT molecular complexity index is 4510. The molecule has 2 aliphatic heterocycles. The first-order valence-electron chi connectivity index (χ1n) is 28.9. The van der Waals surface area contributed by atoms with E-state index in [1.807, 2.05) is 11.3 Å². The highest BCUT2D eigenvalue weighted by molar-refractivity contribution is 7.32. The van der Waals surface area contributed by atoms with Crippen molar-refractivity contribution in [2.45, 2.75) is 148 Å². The quantitative estimate of drug-likeness (QED) is 0.161. The van der Waals surface area contributed by atoms with E-state index in [0.717, 1.165) is 24.0 Å². The molecule has 0 unspecified atom stereocenters. The number of anilines is 2. The summed E-state index contributed by atoms with van der Waals surface area (Å²) in [6.45, 7) is 31.7. The first kappa shape index (κ1) is 47.2. The maximum absolute atomic E-state index is 7.51. The van der Waals surface area contributed by atoms with Crippen molar-refractivity contribution in [1.29, 1.82) is 0 Å². The van der Waals surface area contributed by atoms with Crippen LogP contribution in [0.25, 0.3) is 92.9 Å². The molecule has 386 valence electrons. The Hall–Kier alpha value is -6.82. The van der Waals surface area contributed by atoms with Gasteiger partial charge >= 0.3 is 6.85 Å². The van der Waals surface area contributed by atoms with Gasteiger partial charge in [0.15, 0.2) is 0 Å². The number of thiophene rings is 1. The summed E-state index contributed by atoms with van der Waals surface area (Å²) in [7, 11) is 0. The summed E-state index contributed by atoms with van der Waals surface area (Å²) in [5.74, 6) is 0. The fraction of sp³-hybridized carbons (Fsp3) is 0.315. The molecule has 0 bridgehead atoms.